The molecule has 3 aromatic rings. The number of para-hydroxylation sites is 2. The van der Waals surface area contributed by atoms with Crippen LogP contribution >= 0.6 is 0 Å². The van der Waals surface area contributed by atoms with Crippen molar-refractivity contribution in [2.75, 3.05) is 11.9 Å². The average Bonchev–Trinajstić information content (AvgIpc) is 2.57. The van der Waals surface area contributed by atoms with Crippen LogP contribution in [0.15, 0.2) is 60.7 Å². The lowest BCUT2D eigenvalue weighted by atomic mass is 10.0. The number of hydrogen-bond donors (Lipinski definition) is 2. The summed E-state index contributed by atoms with van der Waals surface area (Å²) >= 11 is 0. The fourth-order valence-corrected chi connectivity index (χ4v) is 2.48. The highest BCUT2D eigenvalue weighted by Crippen LogP contribution is 2.30. The smallest absolute Gasteiger partial charge is 0.259 e. The van der Waals surface area contributed by atoms with Crippen molar-refractivity contribution in [3.05, 3.63) is 66.2 Å². The highest BCUT2D eigenvalue weighted by atomic mass is 16.5. The highest BCUT2D eigenvalue weighted by Gasteiger charge is 2.15. The number of nitrogens with one attached hydrogen (secondary N) is 1. The van der Waals surface area contributed by atoms with E-state index in [9.17, 15) is 9.90 Å². The molecule has 0 heterocycles. The molecule has 3 aromatic carbocycles. The number of phenols is 1. The van der Waals surface area contributed by atoms with Crippen molar-refractivity contribution in [1.82, 2.24) is 0 Å². The first-order valence-corrected chi connectivity index (χ1v) is 7.44. The molecule has 0 radical (unpaired) electrons. The molecule has 0 aliphatic heterocycles. The molecule has 4 nitrogen and oxygen atoms in total. The Bertz CT molecular complexity index is 858. The summed E-state index contributed by atoms with van der Waals surface area (Å²) in [6.07, 6.45) is 0. The lowest BCUT2D eigenvalue weighted by Crippen LogP contribution is -2.13. The Morgan fingerprint density at radius 1 is 1.04 bits per heavy atom. The van der Waals surface area contributed by atoms with Gasteiger partial charge in [0.2, 0.25) is 0 Å². The number of carbonyl (C=O) groups excluding carboxylic acids is 1. The Morgan fingerprint density at radius 2 is 1.78 bits per heavy atom. The molecular weight excluding hydrogens is 290 g/mol. The molecule has 0 saturated heterocycles. The Morgan fingerprint density at radius 3 is 2.61 bits per heavy atom. The van der Waals surface area contributed by atoms with Crippen molar-refractivity contribution in [3.8, 4) is 11.5 Å². The molecule has 0 unspecified atom stereocenters. The van der Waals surface area contributed by atoms with Gasteiger partial charge in [0.05, 0.1) is 17.9 Å². The molecule has 0 fully saturated rings. The minimum atomic E-state index is -0.375. The first kappa shape index (κ1) is 14.9. The third-order valence-electron chi connectivity index (χ3n) is 3.58. The summed E-state index contributed by atoms with van der Waals surface area (Å²) in [5.74, 6) is 0.207. The zero-order valence-electron chi connectivity index (χ0n) is 12.7. The third kappa shape index (κ3) is 2.97. The van der Waals surface area contributed by atoms with E-state index >= 15 is 0 Å². The summed E-state index contributed by atoms with van der Waals surface area (Å²) in [7, 11) is 0. The van der Waals surface area contributed by atoms with Crippen LogP contribution in [0.5, 0.6) is 11.5 Å². The van der Waals surface area contributed by atoms with Gasteiger partial charge in [-0.3, -0.25) is 4.79 Å². The summed E-state index contributed by atoms with van der Waals surface area (Å²) < 4.78 is 5.50. The first-order chi connectivity index (χ1) is 11.2. The molecule has 0 aromatic heterocycles. The standard InChI is InChI=1S/C19H17NO3/c1-2-23-17-10-6-5-9-16(17)20-19(22)15-12-11-13-7-3-4-8-14(13)18(15)21/h3-12,21H,2H2,1H3,(H,20,22). The van der Waals surface area contributed by atoms with Gasteiger partial charge in [0, 0.05) is 5.39 Å². The molecule has 0 bridgehead atoms. The van der Waals surface area contributed by atoms with Crippen molar-refractivity contribution in [3.63, 3.8) is 0 Å². The van der Waals surface area contributed by atoms with E-state index in [4.69, 9.17) is 4.74 Å². The van der Waals surface area contributed by atoms with Gasteiger partial charge in [0.15, 0.2) is 0 Å². The number of carbonyl (C=O) groups is 1. The van der Waals surface area contributed by atoms with Crippen LogP contribution in [0.2, 0.25) is 0 Å². The summed E-state index contributed by atoms with van der Waals surface area (Å²) in [5, 5.41) is 14.7. The molecule has 0 aliphatic rings. The molecule has 4 heteroatoms. The average molecular weight is 307 g/mol. The number of amides is 1. The van der Waals surface area contributed by atoms with Crippen LogP contribution in [0.4, 0.5) is 5.69 Å². The molecule has 0 aliphatic carbocycles. The molecule has 0 atom stereocenters. The zero-order chi connectivity index (χ0) is 16.2. The zero-order valence-corrected chi connectivity index (χ0v) is 12.7. The minimum absolute atomic E-state index is 0.0190. The SMILES string of the molecule is CCOc1ccccc1NC(=O)c1ccc2ccccc2c1O. The van der Waals surface area contributed by atoms with Gasteiger partial charge in [0.1, 0.15) is 11.5 Å². The van der Waals surface area contributed by atoms with Crippen LogP contribution in [-0.4, -0.2) is 17.6 Å². The minimum Gasteiger partial charge on any atom is -0.506 e. The number of benzene rings is 3. The molecule has 0 spiro atoms. The van der Waals surface area contributed by atoms with Crippen LogP contribution in [-0.2, 0) is 0 Å². The normalized spacial score (nSPS) is 10.5. The molecule has 2 N–H and O–H groups in total. The summed E-state index contributed by atoms with van der Waals surface area (Å²) in [5.41, 5.74) is 0.807. The van der Waals surface area contributed by atoms with E-state index < -0.39 is 0 Å². The van der Waals surface area contributed by atoms with E-state index in [1.165, 1.54) is 0 Å². The topological polar surface area (TPSA) is 58.6 Å². The monoisotopic (exact) mass is 307 g/mol. The van der Waals surface area contributed by atoms with Crippen LogP contribution in [0, 0.1) is 0 Å². The van der Waals surface area contributed by atoms with E-state index in [-0.39, 0.29) is 17.2 Å². The Kier molecular flexibility index (Phi) is 4.15. The second kappa shape index (κ2) is 6.40. The summed E-state index contributed by atoms with van der Waals surface area (Å²) in [6, 6.07) is 18.0. The van der Waals surface area contributed by atoms with Gasteiger partial charge >= 0.3 is 0 Å². The Labute approximate surface area is 134 Å². The van der Waals surface area contributed by atoms with Gasteiger partial charge in [-0.05, 0) is 30.5 Å². The van der Waals surface area contributed by atoms with Crippen LogP contribution in [0.3, 0.4) is 0 Å². The fourth-order valence-electron chi connectivity index (χ4n) is 2.48. The molecule has 0 saturated carbocycles. The number of aromatic hydroxyl groups is 1. The quantitative estimate of drug-likeness (QED) is 0.759. The van der Waals surface area contributed by atoms with E-state index in [1.54, 1.807) is 24.3 Å². The number of phenolic OH excluding ortho intramolecular Hbond substituents is 1. The van der Waals surface area contributed by atoms with Crippen molar-refractivity contribution in [1.29, 1.82) is 0 Å². The maximum Gasteiger partial charge on any atom is 0.259 e. The molecular formula is C19H17NO3. The molecule has 1 amide bonds. The van der Waals surface area contributed by atoms with Gasteiger partial charge in [-0.2, -0.15) is 0 Å². The van der Waals surface area contributed by atoms with Gasteiger partial charge in [0.25, 0.3) is 5.91 Å². The highest BCUT2D eigenvalue weighted by molar-refractivity contribution is 6.10. The lowest BCUT2D eigenvalue weighted by molar-refractivity contribution is 0.102. The van der Waals surface area contributed by atoms with Gasteiger partial charge < -0.3 is 15.2 Å². The third-order valence-corrected chi connectivity index (χ3v) is 3.58. The van der Waals surface area contributed by atoms with Gasteiger partial charge in [-0.1, -0.05) is 42.5 Å². The Balaban J connectivity index is 1.94. The number of hydrogen-bond acceptors (Lipinski definition) is 3. The predicted octanol–water partition coefficient (Wildman–Crippen LogP) is 4.20. The lowest BCUT2D eigenvalue weighted by Gasteiger charge is -2.12. The number of anilines is 1. The van der Waals surface area contributed by atoms with E-state index in [1.807, 2.05) is 43.3 Å². The van der Waals surface area contributed by atoms with Crippen LogP contribution in [0.25, 0.3) is 10.8 Å². The summed E-state index contributed by atoms with van der Waals surface area (Å²) in [4.78, 5) is 12.5. The fraction of sp³-hybridized carbons (Fsp3) is 0.105. The van der Waals surface area contributed by atoms with Crippen molar-refractivity contribution in [2.24, 2.45) is 0 Å². The first-order valence-electron chi connectivity index (χ1n) is 7.44. The van der Waals surface area contributed by atoms with Crippen LogP contribution in [0.1, 0.15) is 17.3 Å². The second-order valence-corrected chi connectivity index (χ2v) is 5.07. The maximum atomic E-state index is 12.5. The number of rotatable bonds is 4. The second-order valence-electron chi connectivity index (χ2n) is 5.07. The van der Waals surface area contributed by atoms with Gasteiger partial charge in [-0.15, -0.1) is 0 Å². The largest absolute Gasteiger partial charge is 0.506 e. The number of ether oxygens (including phenoxy) is 1. The number of fused-ring (bicyclic) bond motifs is 1. The molecule has 3 rings (SSSR count). The van der Waals surface area contributed by atoms with Crippen molar-refractivity contribution < 1.29 is 14.6 Å². The molecule has 116 valence electrons. The van der Waals surface area contributed by atoms with Crippen molar-refractivity contribution in [2.45, 2.75) is 6.92 Å². The maximum absolute atomic E-state index is 12.5. The van der Waals surface area contributed by atoms with Crippen molar-refractivity contribution >= 4 is 22.4 Å². The van der Waals surface area contributed by atoms with E-state index in [0.717, 1.165) is 5.39 Å². The van der Waals surface area contributed by atoms with E-state index in [2.05, 4.69) is 5.32 Å². The van der Waals surface area contributed by atoms with E-state index in [0.29, 0.717) is 23.4 Å². The van der Waals surface area contributed by atoms with Gasteiger partial charge in [-0.25, -0.2) is 0 Å². The summed E-state index contributed by atoms with van der Waals surface area (Å²) in [6.45, 7) is 2.39. The van der Waals surface area contributed by atoms with Crippen LogP contribution < -0.4 is 10.1 Å². The molecule has 23 heavy (non-hydrogen) atoms. The Hall–Kier alpha value is -3.01. The predicted molar refractivity (Wildman–Crippen MR) is 91.2 cm³/mol.